The number of pyridine rings is 1. The van der Waals surface area contributed by atoms with Gasteiger partial charge in [-0.05, 0) is 18.2 Å². The number of nitrogens with one attached hydrogen (secondary N) is 1. The SMILES string of the molecule is COc1ccnc2c(N3CCNCC3)cn(S(=O)(=O)c3cccc(F)c3)c12. The van der Waals surface area contributed by atoms with Crippen molar-refractivity contribution in [1.29, 1.82) is 0 Å². The third-order valence-corrected chi connectivity index (χ3v) is 6.28. The van der Waals surface area contributed by atoms with Gasteiger partial charge in [-0.15, -0.1) is 0 Å². The first-order chi connectivity index (χ1) is 13.0. The average molecular weight is 390 g/mol. The molecule has 1 saturated heterocycles. The maximum absolute atomic E-state index is 13.6. The predicted molar refractivity (Wildman–Crippen MR) is 100 cm³/mol. The van der Waals surface area contributed by atoms with Crippen LogP contribution in [0.5, 0.6) is 5.75 Å². The van der Waals surface area contributed by atoms with Gasteiger partial charge in [0.1, 0.15) is 22.6 Å². The normalized spacial score (nSPS) is 15.3. The van der Waals surface area contributed by atoms with E-state index in [1.165, 1.54) is 25.3 Å². The van der Waals surface area contributed by atoms with Gasteiger partial charge in [-0.25, -0.2) is 16.8 Å². The number of rotatable bonds is 4. The van der Waals surface area contributed by atoms with Crippen molar-refractivity contribution in [3.8, 4) is 5.75 Å². The first kappa shape index (κ1) is 17.7. The first-order valence-electron chi connectivity index (χ1n) is 8.53. The average Bonchev–Trinajstić information content (AvgIpc) is 3.09. The summed E-state index contributed by atoms with van der Waals surface area (Å²) in [4.78, 5) is 6.37. The molecule has 2 aromatic heterocycles. The summed E-state index contributed by atoms with van der Waals surface area (Å²) >= 11 is 0. The molecule has 9 heteroatoms. The minimum absolute atomic E-state index is 0.128. The molecule has 7 nitrogen and oxygen atoms in total. The topological polar surface area (TPSA) is 76.5 Å². The van der Waals surface area contributed by atoms with Gasteiger partial charge in [0.15, 0.2) is 0 Å². The van der Waals surface area contributed by atoms with Crippen LogP contribution in [0.15, 0.2) is 47.6 Å². The van der Waals surface area contributed by atoms with Crippen molar-refractivity contribution in [2.45, 2.75) is 4.90 Å². The van der Waals surface area contributed by atoms with Crippen molar-refractivity contribution in [3.63, 3.8) is 0 Å². The van der Waals surface area contributed by atoms with Crippen LogP contribution in [-0.2, 0) is 10.0 Å². The van der Waals surface area contributed by atoms with E-state index >= 15 is 0 Å². The van der Waals surface area contributed by atoms with E-state index < -0.39 is 15.8 Å². The lowest BCUT2D eigenvalue weighted by Crippen LogP contribution is -2.43. The van der Waals surface area contributed by atoms with Gasteiger partial charge in [0.25, 0.3) is 10.0 Å². The number of anilines is 1. The molecule has 0 spiro atoms. The van der Waals surface area contributed by atoms with Crippen LogP contribution in [0.1, 0.15) is 0 Å². The molecule has 3 heterocycles. The molecule has 1 fully saturated rings. The highest BCUT2D eigenvalue weighted by atomic mass is 32.2. The van der Waals surface area contributed by atoms with Crippen LogP contribution < -0.4 is 15.0 Å². The van der Waals surface area contributed by atoms with Gasteiger partial charge in [0, 0.05) is 44.6 Å². The number of benzene rings is 1. The summed E-state index contributed by atoms with van der Waals surface area (Å²) in [5, 5.41) is 3.27. The van der Waals surface area contributed by atoms with E-state index in [4.69, 9.17) is 4.74 Å². The summed E-state index contributed by atoms with van der Waals surface area (Å²) < 4.78 is 46.7. The van der Waals surface area contributed by atoms with Gasteiger partial charge >= 0.3 is 0 Å². The molecular formula is C18H19FN4O3S. The van der Waals surface area contributed by atoms with Crippen molar-refractivity contribution < 1.29 is 17.5 Å². The summed E-state index contributed by atoms with van der Waals surface area (Å²) in [6.07, 6.45) is 3.14. The van der Waals surface area contributed by atoms with Crippen molar-refractivity contribution in [3.05, 3.63) is 48.5 Å². The lowest BCUT2D eigenvalue weighted by molar-refractivity contribution is 0.418. The highest BCUT2D eigenvalue weighted by Gasteiger charge is 2.27. The Balaban J connectivity index is 1.97. The molecule has 0 unspecified atom stereocenters. The van der Waals surface area contributed by atoms with Crippen LogP contribution in [0.3, 0.4) is 0 Å². The molecule has 1 aliphatic rings. The molecule has 1 N–H and O–H groups in total. The number of halogens is 1. The fraction of sp³-hybridized carbons (Fsp3) is 0.278. The van der Waals surface area contributed by atoms with Gasteiger partial charge in [0.2, 0.25) is 0 Å². The second-order valence-electron chi connectivity index (χ2n) is 6.22. The van der Waals surface area contributed by atoms with E-state index in [-0.39, 0.29) is 4.90 Å². The monoisotopic (exact) mass is 390 g/mol. The van der Waals surface area contributed by atoms with Crippen molar-refractivity contribution >= 4 is 26.7 Å². The number of piperazine rings is 1. The van der Waals surface area contributed by atoms with Crippen molar-refractivity contribution in [2.75, 3.05) is 38.2 Å². The Morgan fingerprint density at radius 2 is 2.00 bits per heavy atom. The Labute approximate surface area is 156 Å². The molecular weight excluding hydrogens is 371 g/mol. The summed E-state index contributed by atoms with van der Waals surface area (Å²) in [6, 6.07) is 6.58. The number of methoxy groups -OCH3 is 1. The number of hydrogen-bond donors (Lipinski definition) is 1. The van der Waals surface area contributed by atoms with Gasteiger partial charge in [-0.2, -0.15) is 0 Å². The summed E-state index contributed by atoms with van der Waals surface area (Å²) in [5.41, 5.74) is 1.60. The van der Waals surface area contributed by atoms with Gasteiger partial charge in [-0.1, -0.05) is 6.07 Å². The van der Waals surface area contributed by atoms with Gasteiger partial charge in [-0.3, -0.25) is 4.98 Å². The highest BCUT2D eigenvalue weighted by molar-refractivity contribution is 7.90. The standard InChI is InChI=1S/C18H19FN4O3S/c1-26-16-5-6-21-17-15(22-9-7-20-8-10-22)12-23(18(16)17)27(24,25)14-4-2-3-13(19)11-14/h2-6,11-12,20H,7-10H2,1H3. The fourth-order valence-corrected chi connectivity index (χ4v) is 4.70. The minimum Gasteiger partial charge on any atom is -0.494 e. The van der Waals surface area contributed by atoms with E-state index in [0.29, 0.717) is 22.5 Å². The van der Waals surface area contributed by atoms with Crippen molar-refractivity contribution in [2.24, 2.45) is 0 Å². The van der Waals surface area contributed by atoms with Crippen LogP contribution >= 0.6 is 0 Å². The smallest absolute Gasteiger partial charge is 0.268 e. The van der Waals surface area contributed by atoms with E-state index in [9.17, 15) is 12.8 Å². The summed E-state index contributed by atoms with van der Waals surface area (Å²) in [5.74, 6) is -0.221. The lowest BCUT2D eigenvalue weighted by Gasteiger charge is -2.28. The molecule has 0 saturated carbocycles. The maximum Gasteiger partial charge on any atom is 0.268 e. The van der Waals surface area contributed by atoms with E-state index in [1.807, 2.05) is 0 Å². The second-order valence-corrected chi connectivity index (χ2v) is 8.03. The molecule has 4 rings (SSSR count). The molecule has 0 atom stereocenters. The third-order valence-electron chi connectivity index (χ3n) is 4.62. The summed E-state index contributed by atoms with van der Waals surface area (Å²) in [6.45, 7) is 3.07. The Morgan fingerprint density at radius 1 is 1.22 bits per heavy atom. The highest BCUT2D eigenvalue weighted by Crippen LogP contribution is 2.35. The van der Waals surface area contributed by atoms with Crippen LogP contribution in [0, 0.1) is 5.82 Å². The van der Waals surface area contributed by atoms with Gasteiger partial charge in [0.05, 0.1) is 17.7 Å². The molecule has 1 aliphatic heterocycles. The van der Waals surface area contributed by atoms with Crippen molar-refractivity contribution in [1.82, 2.24) is 14.3 Å². The Hall–Kier alpha value is -2.65. The zero-order valence-electron chi connectivity index (χ0n) is 14.7. The van der Waals surface area contributed by atoms with E-state index in [0.717, 1.165) is 36.2 Å². The number of ether oxygens (including phenoxy) is 1. The number of hydrogen-bond acceptors (Lipinski definition) is 6. The molecule has 0 bridgehead atoms. The minimum atomic E-state index is -4.02. The lowest BCUT2D eigenvalue weighted by atomic mass is 10.3. The molecule has 142 valence electrons. The number of aromatic nitrogens is 2. The molecule has 0 amide bonds. The van der Waals surface area contributed by atoms with Crippen LogP contribution in [-0.4, -0.2) is 50.7 Å². The molecule has 1 aromatic carbocycles. The van der Waals surface area contributed by atoms with Crippen LogP contribution in [0.25, 0.3) is 11.0 Å². The number of nitrogens with zero attached hydrogens (tertiary/aromatic N) is 3. The zero-order chi connectivity index (χ0) is 19.0. The van der Waals surface area contributed by atoms with E-state index in [2.05, 4.69) is 15.2 Å². The second kappa shape index (κ2) is 6.82. The van der Waals surface area contributed by atoms with Crippen LogP contribution in [0.4, 0.5) is 10.1 Å². The molecule has 27 heavy (non-hydrogen) atoms. The predicted octanol–water partition coefficient (Wildman–Crippen LogP) is 1.83. The largest absolute Gasteiger partial charge is 0.494 e. The fourth-order valence-electron chi connectivity index (χ4n) is 3.31. The zero-order valence-corrected chi connectivity index (χ0v) is 15.5. The van der Waals surface area contributed by atoms with Crippen LogP contribution in [0.2, 0.25) is 0 Å². The quantitative estimate of drug-likeness (QED) is 0.733. The molecule has 0 radical (unpaired) electrons. The van der Waals surface area contributed by atoms with Gasteiger partial charge < -0.3 is 15.0 Å². The molecule has 0 aliphatic carbocycles. The Bertz CT molecular complexity index is 1090. The van der Waals surface area contributed by atoms with E-state index in [1.54, 1.807) is 18.5 Å². The maximum atomic E-state index is 13.6. The number of fused-ring (bicyclic) bond motifs is 1. The third kappa shape index (κ3) is 3.02. The first-order valence-corrected chi connectivity index (χ1v) is 9.97. The Morgan fingerprint density at radius 3 is 2.70 bits per heavy atom. The molecule has 3 aromatic rings. The summed E-state index contributed by atoms with van der Waals surface area (Å²) in [7, 11) is -2.55. The Kier molecular flexibility index (Phi) is 4.48.